The van der Waals surface area contributed by atoms with Gasteiger partial charge < -0.3 is 4.90 Å². The minimum Gasteiger partial charge on any atom is -0.309 e. The summed E-state index contributed by atoms with van der Waals surface area (Å²) < 4.78 is 24.5. The molecule has 31 heavy (non-hydrogen) atoms. The Kier molecular flexibility index (Phi) is 8.21. The number of sulfone groups is 1. The number of rotatable bonds is 7. The second-order valence-electron chi connectivity index (χ2n) is 7.78. The number of benzene rings is 2. The maximum atomic E-state index is 13.4. The van der Waals surface area contributed by atoms with Crippen LogP contribution in [0.5, 0.6) is 0 Å². The van der Waals surface area contributed by atoms with Gasteiger partial charge in [-0.25, -0.2) is 13.4 Å². The van der Waals surface area contributed by atoms with Gasteiger partial charge in [0, 0.05) is 18.4 Å². The van der Waals surface area contributed by atoms with Crippen LogP contribution in [0.2, 0.25) is 0 Å². The molecule has 3 aromatic rings. The standard InChI is InChI=1S/C22H27N3O3S2.ClH/c1-15-7-8-16(2)20-19(15)23-22(29-20)25(14-6-13-24(3)4)21(26)17-9-11-18(12-10-17)30(5,27)28;/h7-12H,6,13-14H2,1-5H3;1H. The molecular formula is C22H28ClN3O3S2. The Morgan fingerprint density at radius 1 is 1.00 bits per heavy atom. The molecule has 0 bridgehead atoms. The molecule has 0 aliphatic rings. The number of hydrogen-bond acceptors (Lipinski definition) is 6. The molecule has 1 heterocycles. The highest BCUT2D eigenvalue weighted by atomic mass is 35.5. The summed E-state index contributed by atoms with van der Waals surface area (Å²) in [5.74, 6) is -0.178. The molecule has 0 N–H and O–H groups in total. The largest absolute Gasteiger partial charge is 0.309 e. The van der Waals surface area contributed by atoms with E-state index in [4.69, 9.17) is 4.98 Å². The fraction of sp³-hybridized carbons (Fsp3) is 0.364. The van der Waals surface area contributed by atoms with Crippen molar-refractivity contribution in [2.24, 2.45) is 0 Å². The minimum atomic E-state index is -3.31. The topological polar surface area (TPSA) is 70.6 Å². The number of nitrogens with zero attached hydrogens (tertiary/aromatic N) is 3. The fourth-order valence-electron chi connectivity index (χ4n) is 3.19. The first-order valence-corrected chi connectivity index (χ1v) is 12.4. The lowest BCUT2D eigenvalue weighted by Crippen LogP contribution is -2.33. The highest BCUT2D eigenvalue weighted by Gasteiger charge is 2.22. The number of halogens is 1. The zero-order valence-electron chi connectivity index (χ0n) is 18.4. The second kappa shape index (κ2) is 10.1. The van der Waals surface area contributed by atoms with Gasteiger partial charge >= 0.3 is 0 Å². The Balaban J connectivity index is 0.00000341. The predicted octanol–water partition coefficient (Wildman–Crippen LogP) is 4.34. The Morgan fingerprint density at radius 3 is 2.16 bits per heavy atom. The highest BCUT2D eigenvalue weighted by molar-refractivity contribution is 7.90. The second-order valence-corrected chi connectivity index (χ2v) is 10.8. The molecular weight excluding hydrogens is 454 g/mol. The first-order chi connectivity index (χ1) is 14.1. The molecule has 0 saturated heterocycles. The van der Waals surface area contributed by atoms with Crippen LogP contribution >= 0.6 is 23.7 Å². The number of carbonyl (C=O) groups excluding carboxylic acids is 1. The lowest BCUT2D eigenvalue weighted by atomic mass is 10.1. The van der Waals surface area contributed by atoms with Crippen molar-refractivity contribution < 1.29 is 13.2 Å². The van der Waals surface area contributed by atoms with E-state index in [1.165, 1.54) is 23.5 Å². The van der Waals surface area contributed by atoms with Gasteiger partial charge in [-0.05, 0) is 76.3 Å². The van der Waals surface area contributed by atoms with Gasteiger partial charge in [0.2, 0.25) is 0 Å². The molecule has 9 heteroatoms. The average molecular weight is 482 g/mol. The van der Waals surface area contributed by atoms with Crippen LogP contribution in [0, 0.1) is 13.8 Å². The molecule has 6 nitrogen and oxygen atoms in total. The van der Waals surface area contributed by atoms with Crippen molar-refractivity contribution >= 4 is 54.8 Å². The predicted molar refractivity (Wildman–Crippen MR) is 131 cm³/mol. The van der Waals surface area contributed by atoms with E-state index < -0.39 is 9.84 Å². The lowest BCUT2D eigenvalue weighted by molar-refractivity contribution is 0.0986. The van der Waals surface area contributed by atoms with Crippen molar-refractivity contribution in [3.8, 4) is 0 Å². The first-order valence-electron chi connectivity index (χ1n) is 9.71. The SMILES string of the molecule is Cc1ccc(C)c2sc(N(CCCN(C)C)C(=O)c3ccc(S(C)(=O)=O)cc3)nc12.Cl. The van der Waals surface area contributed by atoms with Crippen molar-refractivity contribution in [2.75, 3.05) is 38.3 Å². The van der Waals surface area contributed by atoms with Gasteiger partial charge in [0.05, 0.1) is 15.1 Å². The molecule has 1 amide bonds. The minimum absolute atomic E-state index is 0. The third-order valence-corrected chi connectivity index (χ3v) is 7.27. The van der Waals surface area contributed by atoms with E-state index in [0.717, 1.165) is 40.6 Å². The zero-order chi connectivity index (χ0) is 22.1. The maximum absolute atomic E-state index is 13.4. The van der Waals surface area contributed by atoms with Crippen molar-refractivity contribution in [3.05, 3.63) is 53.1 Å². The summed E-state index contributed by atoms with van der Waals surface area (Å²) in [5.41, 5.74) is 3.58. The van der Waals surface area contributed by atoms with Gasteiger partial charge in [-0.2, -0.15) is 0 Å². The summed E-state index contributed by atoms with van der Waals surface area (Å²) in [5, 5.41) is 0.665. The van der Waals surface area contributed by atoms with Crippen molar-refractivity contribution in [3.63, 3.8) is 0 Å². The van der Waals surface area contributed by atoms with Crippen LogP contribution in [-0.4, -0.2) is 57.6 Å². The number of anilines is 1. The van der Waals surface area contributed by atoms with E-state index in [-0.39, 0.29) is 23.2 Å². The molecule has 0 fully saturated rings. The van der Waals surface area contributed by atoms with Crippen molar-refractivity contribution in [1.82, 2.24) is 9.88 Å². The molecule has 2 aromatic carbocycles. The first kappa shape index (κ1) is 25.3. The molecule has 0 saturated carbocycles. The van der Waals surface area contributed by atoms with Gasteiger partial charge in [-0.3, -0.25) is 9.69 Å². The van der Waals surface area contributed by atoms with Gasteiger partial charge in [-0.15, -0.1) is 12.4 Å². The van der Waals surface area contributed by atoms with E-state index in [1.54, 1.807) is 17.0 Å². The third kappa shape index (κ3) is 5.83. The summed E-state index contributed by atoms with van der Waals surface area (Å²) >= 11 is 1.52. The van der Waals surface area contributed by atoms with E-state index in [2.05, 4.69) is 11.0 Å². The van der Waals surface area contributed by atoms with Crippen molar-refractivity contribution in [1.29, 1.82) is 0 Å². The molecule has 0 unspecified atom stereocenters. The lowest BCUT2D eigenvalue weighted by Gasteiger charge is -2.21. The molecule has 1 aromatic heterocycles. The molecule has 3 rings (SSSR count). The maximum Gasteiger partial charge on any atom is 0.260 e. The number of thiazole rings is 1. The molecule has 0 atom stereocenters. The number of carbonyl (C=O) groups is 1. The fourth-order valence-corrected chi connectivity index (χ4v) is 4.96. The summed E-state index contributed by atoms with van der Waals surface area (Å²) in [6, 6.07) is 10.2. The van der Waals surface area contributed by atoms with Crippen LogP contribution in [0.25, 0.3) is 10.2 Å². The summed E-state index contributed by atoms with van der Waals surface area (Å²) in [6.45, 7) is 5.45. The Bertz CT molecular complexity index is 1130. The Morgan fingerprint density at radius 2 is 1.61 bits per heavy atom. The van der Waals surface area contributed by atoms with Gasteiger partial charge in [0.1, 0.15) is 0 Å². The van der Waals surface area contributed by atoms with E-state index in [0.29, 0.717) is 17.2 Å². The van der Waals surface area contributed by atoms with Crippen LogP contribution < -0.4 is 4.90 Å². The zero-order valence-corrected chi connectivity index (χ0v) is 20.8. The molecule has 0 radical (unpaired) electrons. The van der Waals surface area contributed by atoms with Crippen LogP contribution in [0.3, 0.4) is 0 Å². The van der Waals surface area contributed by atoms with E-state index in [9.17, 15) is 13.2 Å². The van der Waals surface area contributed by atoms with Crippen LogP contribution in [0.4, 0.5) is 5.13 Å². The van der Waals surface area contributed by atoms with Gasteiger partial charge in [0.25, 0.3) is 5.91 Å². The quantitative estimate of drug-likeness (QED) is 0.502. The summed E-state index contributed by atoms with van der Waals surface area (Å²) in [7, 11) is 0.692. The van der Waals surface area contributed by atoms with Crippen LogP contribution in [0.15, 0.2) is 41.3 Å². The van der Waals surface area contributed by atoms with Crippen molar-refractivity contribution in [2.45, 2.75) is 25.2 Å². The van der Waals surface area contributed by atoms with Gasteiger partial charge in [0.15, 0.2) is 15.0 Å². The van der Waals surface area contributed by atoms with Crippen LogP contribution in [-0.2, 0) is 9.84 Å². The molecule has 168 valence electrons. The molecule has 0 spiro atoms. The number of aromatic nitrogens is 1. The molecule has 0 aliphatic carbocycles. The average Bonchev–Trinajstić information content (AvgIpc) is 3.13. The summed E-state index contributed by atoms with van der Waals surface area (Å²) in [6.07, 6.45) is 1.96. The molecule has 0 aliphatic heterocycles. The van der Waals surface area contributed by atoms with Gasteiger partial charge in [-0.1, -0.05) is 23.5 Å². The van der Waals surface area contributed by atoms with Crippen LogP contribution in [0.1, 0.15) is 27.9 Å². The Labute approximate surface area is 194 Å². The van der Waals surface area contributed by atoms with E-state index >= 15 is 0 Å². The number of hydrogen-bond donors (Lipinski definition) is 0. The van der Waals surface area contributed by atoms with E-state index in [1.807, 2.05) is 34.0 Å². The smallest absolute Gasteiger partial charge is 0.260 e. The highest BCUT2D eigenvalue weighted by Crippen LogP contribution is 2.33. The third-order valence-electron chi connectivity index (χ3n) is 4.92. The normalized spacial score (nSPS) is 11.5. The number of amides is 1. The Hall–Kier alpha value is -2.00. The summed E-state index contributed by atoms with van der Waals surface area (Å²) in [4.78, 5) is 22.1. The monoisotopic (exact) mass is 481 g/mol. The number of fused-ring (bicyclic) bond motifs is 1. The number of aryl methyl sites for hydroxylation is 2.